The van der Waals surface area contributed by atoms with Crippen molar-refractivity contribution in [3.63, 3.8) is 0 Å². The summed E-state index contributed by atoms with van der Waals surface area (Å²) >= 11 is 0. The van der Waals surface area contributed by atoms with Crippen molar-refractivity contribution in [1.82, 2.24) is 15.2 Å². The van der Waals surface area contributed by atoms with Gasteiger partial charge in [0.1, 0.15) is 17.4 Å². The number of benzene rings is 1. The number of carbonyl (C=O) groups is 2. The van der Waals surface area contributed by atoms with Gasteiger partial charge in [-0.3, -0.25) is 14.5 Å². The number of amides is 2. The molecule has 0 spiro atoms. The van der Waals surface area contributed by atoms with Gasteiger partial charge in [-0.25, -0.2) is 9.98 Å². The van der Waals surface area contributed by atoms with Gasteiger partial charge in [0.2, 0.25) is 0 Å². The summed E-state index contributed by atoms with van der Waals surface area (Å²) < 4.78 is 5.54. The van der Waals surface area contributed by atoms with Crippen LogP contribution >= 0.6 is 0 Å². The van der Waals surface area contributed by atoms with E-state index in [-0.39, 0.29) is 17.7 Å². The number of ether oxygens (including phenoxy) is 1. The van der Waals surface area contributed by atoms with E-state index in [0.717, 1.165) is 49.2 Å². The summed E-state index contributed by atoms with van der Waals surface area (Å²) in [4.78, 5) is 37.1. The average Bonchev–Trinajstić information content (AvgIpc) is 3.30. The fourth-order valence-corrected chi connectivity index (χ4v) is 4.20. The largest absolute Gasteiger partial charge is 0.468 e. The van der Waals surface area contributed by atoms with Crippen molar-refractivity contribution in [2.24, 2.45) is 10.9 Å². The SMILES string of the molecule is CNC(=O)c1ccc(N2CCN(Cc3ccc4c(c3)=NC(=O)C3C=COC=43)CC2)cn1. The topological polar surface area (TPSA) is 87.1 Å². The highest BCUT2D eigenvalue weighted by Crippen LogP contribution is 2.24. The first-order valence-electron chi connectivity index (χ1n) is 10.4. The van der Waals surface area contributed by atoms with Gasteiger partial charge in [0.15, 0.2) is 0 Å². The van der Waals surface area contributed by atoms with Crippen LogP contribution in [-0.4, -0.2) is 54.9 Å². The number of carbonyl (C=O) groups excluding carboxylic acids is 2. The highest BCUT2D eigenvalue weighted by molar-refractivity contribution is 5.92. The van der Waals surface area contributed by atoms with E-state index in [1.165, 1.54) is 0 Å². The van der Waals surface area contributed by atoms with E-state index in [9.17, 15) is 9.59 Å². The number of fused-ring (bicyclic) bond motifs is 2. The number of rotatable bonds is 4. The van der Waals surface area contributed by atoms with Crippen molar-refractivity contribution in [2.45, 2.75) is 6.54 Å². The van der Waals surface area contributed by atoms with Crippen LogP contribution < -0.4 is 20.8 Å². The molecule has 1 aromatic heterocycles. The van der Waals surface area contributed by atoms with Crippen molar-refractivity contribution >= 4 is 23.3 Å². The van der Waals surface area contributed by atoms with E-state index in [4.69, 9.17) is 4.74 Å². The predicted octanol–water partition coefficient (Wildman–Crippen LogP) is 0.192. The predicted molar refractivity (Wildman–Crippen MR) is 114 cm³/mol. The average molecular weight is 417 g/mol. The summed E-state index contributed by atoms with van der Waals surface area (Å²) in [7, 11) is 1.60. The Kier molecular flexibility index (Phi) is 4.99. The lowest BCUT2D eigenvalue weighted by Crippen LogP contribution is -2.46. The zero-order valence-electron chi connectivity index (χ0n) is 17.2. The van der Waals surface area contributed by atoms with E-state index in [0.29, 0.717) is 16.8 Å². The van der Waals surface area contributed by atoms with Crippen molar-refractivity contribution < 1.29 is 14.3 Å². The number of anilines is 1. The van der Waals surface area contributed by atoms with Gasteiger partial charge in [0.05, 0.1) is 23.5 Å². The molecule has 2 amide bonds. The number of aromatic nitrogens is 1. The van der Waals surface area contributed by atoms with E-state index < -0.39 is 0 Å². The highest BCUT2D eigenvalue weighted by atomic mass is 16.5. The van der Waals surface area contributed by atoms with Crippen LogP contribution in [0, 0.1) is 5.92 Å². The molecule has 0 saturated carbocycles. The minimum atomic E-state index is -0.369. The molecule has 1 unspecified atom stereocenters. The maximum Gasteiger partial charge on any atom is 0.269 e. The van der Waals surface area contributed by atoms with Gasteiger partial charge in [0, 0.05) is 45.0 Å². The Morgan fingerprint density at radius 3 is 2.77 bits per heavy atom. The molecule has 0 radical (unpaired) electrons. The van der Waals surface area contributed by atoms with Crippen LogP contribution in [0.4, 0.5) is 5.69 Å². The fraction of sp³-hybridized carbons (Fsp3) is 0.304. The molecule has 8 nitrogen and oxygen atoms in total. The molecule has 0 aliphatic carbocycles. The Morgan fingerprint density at radius 2 is 2.03 bits per heavy atom. The number of piperazine rings is 1. The first-order chi connectivity index (χ1) is 15.1. The maximum atomic E-state index is 12.2. The van der Waals surface area contributed by atoms with Gasteiger partial charge in [-0.2, -0.15) is 0 Å². The number of nitrogens with zero attached hydrogens (tertiary/aromatic N) is 4. The molecule has 1 aromatic carbocycles. The minimum Gasteiger partial charge on any atom is -0.468 e. The quantitative estimate of drug-likeness (QED) is 0.765. The summed E-state index contributed by atoms with van der Waals surface area (Å²) in [6, 6.07) is 9.78. The van der Waals surface area contributed by atoms with Gasteiger partial charge in [0.25, 0.3) is 11.8 Å². The van der Waals surface area contributed by atoms with Crippen LogP contribution in [0.1, 0.15) is 16.1 Å². The molecular formula is C23H23N5O3. The monoisotopic (exact) mass is 417 g/mol. The highest BCUT2D eigenvalue weighted by Gasteiger charge is 2.29. The summed E-state index contributed by atoms with van der Waals surface area (Å²) in [6.07, 6.45) is 5.07. The third-order valence-electron chi connectivity index (χ3n) is 5.92. The smallest absolute Gasteiger partial charge is 0.269 e. The second kappa shape index (κ2) is 7.96. The molecule has 0 bridgehead atoms. The normalized spacial score (nSPS) is 20.0. The van der Waals surface area contributed by atoms with Crippen molar-refractivity contribution in [2.75, 3.05) is 38.1 Å². The maximum absolute atomic E-state index is 12.2. The van der Waals surface area contributed by atoms with Crippen molar-refractivity contribution in [1.29, 1.82) is 0 Å². The Labute approximate surface area is 179 Å². The molecule has 1 N–H and O–H groups in total. The Hall–Kier alpha value is -3.52. The third kappa shape index (κ3) is 3.70. The Balaban J connectivity index is 1.24. The van der Waals surface area contributed by atoms with Gasteiger partial charge in [-0.1, -0.05) is 6.07 Å². The molecule has 3 aliphatic heterocycles. The summed E-state index contributed by atoms with van der Waals surface area (Å²) in [5.74, 6) is -0.0323. The molecule has 5 rings (SSSR count). The minimum absolute atomic E-state index is 0.168. The molecule has 158 valence electrons. The number of hydrogen-bond donors (Lipinski definition) is 1. The van der Waals surface area contributed by atoms with Crippen LogP contribution in [0.2, 0.25) is 0 Å². The molecule has 1 atom stereocenters. The van der Waals surface area contributed by atoms with Crippen molar-refractivity contribution in [3.8, 4) is 0 Å². The van der Waals surface area contributed by atoms with E-state index >= 15 is 0 Å². The molecule has 1 saturated heterocycles. The number of hydrogen-bond acceptors (Lipinski definition) is 6. The van der Waals surface area contributed by atoms with Crippen LogP contribution in [0.15, 0.2) is 53.9 Å². The number of nitrogens with one attached hydrogen (secondary N) is 1. The summed E-state index contributed by atoms with van der Waals surface area (Å²) in [5, 5.41) is 4.17. The first kappa shape index (κ1) is 19.4. The zero-order valence-corrected chi connectivity index (χ0v) is 17.2. The second-order valence-electron chi connectivity index (χ2n) is 7.83. The fourth-order valence-electron chi connectivity index (χ4n) is 4.20. The molecule has 2 aromatic rings. The van der Waals surface area contributed by atoms with Crippen LogP contribution in [0.25, 0.3) is 5.76 Å². The molecule has 4 heterocycles. The van der Waals surface area contributed by atoms with E-state index in [2.05, 4.69) is 31.2 Å². The lowest BCUT2D eigenvalue weighted by molar-refractivity contribution is -0.119. The van der Waals surface area contributed by atoms with Crippen LogP contribution in [-0.2, 0) is 16.1 Å². The molecule has 31 heavy (non-hydrogen) atoms. The second-order valence-corrected chi connectivity index (χ2v) is 7.83. The van der Waals surface area contributed by atoms with Gasteiger partial charge in [-0.15, -0.1) is 0 Å². The molecular weight excluding hydrogens is 394 g/mol. The lowest BCUT2D eigenvalue weighted by atomic mass is 10.0. The Bertz CT molecular complexity index is 1180. The van der Waals surface area contributed by atoms with E-state index in [1.807, 2.05) is 18.2 Å². The van der Waals surface area contributed by atoms with E-state index in [1.54, 1.807) is 31.6 Å². The standard InChI is InChI=1S/C23H23N5O3/c1-24-23(30)19-5-3-16(13-25-19)28-9-7-27(8-10-28)14-15-2-4-17-20(12-15)26-22(29)18-6-11-31-21(17)18/h2-6,11-13,18H,7-10,14H2,1H3,(H,24,30). The van der Waals surface area contributed by atoms with Gasteiger partial charge < -0.3 is 15.0 Å². The Morgan fingerprint density at radius 1 is 1.19 bits per heavy atom. The summed E-state index contributed by atoms with van der Waals surface area (Å²) in [6.45, 7) is 4.39. The molecule has 1 fully saturated rings. The summed E-state index contributed by atoms with van der Waals surface area (Å²) in [5.41, 5.74) is 2.57. The lowest BCUT2D eigenvalue weighted by Gasteiger charge is -2.36. The van der Waals surface area contributed by atoms with Crippen LogP contribution in [0.3, 0.4) is 0 Å². The van der Waals surface area contributed by atoms with Gasteiger partial charge >= 0.3 is 0 Å². The van der Waals surface area contributed by atoms with Gasteiger partial charge in [-0.05, 0) is 35.9 Å². The zero-order chi connectivity index (χ0) is 21.4. The van der Waals surface area contributed by atoms with Crippen LogP contribution in [0.5, 0.6) is 0 Å². The molecule has 8 heteroatoms. The molecule has 3 aliphatic rings. The third-order valence-corrected chi connectivity index (χ3v) is 5.92. The number of pyridine rings is 1. The van der Waals surface area contributed by atoms with Crippen molar-refractivity contribution in [3.05, 3.63) is 70.7 Å². The first-order valence-corrected chi connectivity index (χ1v) is 10.4.